The zero-order valence-corrected chi connectivity index (χ0v) is 37.2. The van der Waals surface area contributed by atoms with E-state index in [2.05, 4.69) is 255 Å². The molecule has 0 nitrogen and oxygen atoms in total. The van der Waals surface area contributed by atoms with E-state index in [1.807, 2.05) is 0 Å². The predicted molar refractivity (Wildman–Crippen MR) is 294 cm³/mol. The molecule has 0 unspecified atom stereocenters. The van der Waals surface area contributed by atoms with Crippen LogP contribution in [0.25, 0.3) is 142 Å². The number of benzene rings is 14. The van der Waals surface area contributed by atoms with Crippen LogP contribution in [0.15, 0.2) is 255 Å². The molecule has 14 aromatic carbocycles. The highest BCUT2D eigenvalue weighted by Crippen LogP contribution is 2.45. The fourth-order valence-corrected chi connectivity index (χ4v) is 11.5. The van der Waals surface area contributed by atoms with Crippen LogP contribution in [0, 0.1) is 0 Å². The Kier molecular flexibility index (Phi) is 8.69. The lowest BCUT2D eigenvalue weighted by Crippen LogP contribution is -1.90. The average molecular weight is 859 g/mol. The van der Waals surface area contributed by atoms with Crippen molar-refractivity contribution in [1.29, 1.82) is 0 Å². The Bertz CT molecular complexity index is 4070. The Morgan fingerprint density at radius 1 is 0.132 bits per heavy atom. The van der Waals surface area contributed by atoms with Gasteiger partial charge in [0.05, 0.1) is 0 Å². The molecule has 0 heteroatoms. The van der Waals surface area contributed by atoms with Crippen LogP contribution >= 0.6 is 0 Å². The predicted octanol–water partition coefficient (Wildman–Crippen LogP) is 19.2. The first-order valence-electron chi connectivity index (χ1n) is 23.7. The summed E-state index contributed by atoms with van der Waals surface area (Å²) in [6, 6.07) is 94.6. The fourth-order valence-electron chi connectivity index (χ4n) is 11.5. The van der Waals surface area contributed by atoms with E-state index in [-0.39, 0.29) is 0 Å². The van der Waals surface area contributed by atoms with Crippen molar-refractivity contribution in [2.75, 3.05) is 0 Å². The molecule has 0 aliphatic heterocycles. The number of rotatable bonds is 5. The highest BCUT2D eigenvalue weighted by atomic mass is 14.2. The van der Waals surface area contributed by atoms with Gasteiger partial charge in [-0.2, -0.15) is 0 Å². The number of hydrogen-bond acceptors (Lipinski definition) is 0. The molecular formula is C68H42. The summed E-state index contributed by atoms with van der Waals surface area (Å²) in [5.41, 5.74) is 12.1. The molecule has 0 aliphatic carbocycles. The quantitative estimate of drug-likeness (QED) is 0.151. The lowest BCUT2D eigenvalue weighted by Gasteiger charge is -2.17. The van der Waals surface area contributed by atoms with Crippen LogP contribution < -0.4 is 0 Å². The first-order chi connectivity index (χ1) is 33.7. The van der Waals surface area contributed by atoms with Crippen molar-refractivity contribution in [3.63, 3.8) is 0 Å². The maximum absolute atomic E-state index is 2.43. The molecule has 0 radical (unpaired) electrons. The van der Waals surface area contributed by atoms with Gasteiger partial charge in [0, 0.05) is 0 Å². The van der Waals surface area contributed by atoms with Crippen molar-refractivity contribution in [3.05, 3.63) is 255 Å². The summed E-state index contributed by atoms with van der Waals surface area (Å²) in [7, 11) is 0. The Morgan fingerprint density at radius 2 is 0.368 bits per heavy atom. The molecule has 0 spiro atoms. The molecule has 0 amide bonds. The van der Waals surface area contributed by atoms with Gasteiger partial charge < -0.3 is 0 Å². The second-order valence-corrected chi connectivity index (χ2v) is 18.3. The van der Waals surface area contributed by atoms with Crippen molar-refractivity contribution in [2.24, 2.45) is 0 Å². The monoisotopic (exact) mass is 858 g/mol. The summed E-state index contributed by atoms with van der Waals surface area (Å²) >= 11 is 0. The van der Waals surface area contributed by atoms with Crippen molar-refractivity contribution in [3.8, 4) is 55.6 Å². The topological polar surface area (TPSA) is 0 Å². The summed E-state index contributed by atoms with van der Waals surface area (Å²) in [5.74, 6) is 0. The summed E-state index contributed by atoms with van der Waals surface area (Å²) in [6.45, 7) is 0. The fraction of sp³-hybridized carbons (Fsp3) is 0. The molecule has 0 saturated carbocycles. The highest BCUT2D eigenvalue weighted by molar-refractivity contribution is 6.34. The Labute approximate surface area is 394 Å². The van der Waals surface area contributed by atoms with Gasteiger partial charge in [-0.3, -0.25) is 0 Å². The third-order valence-corrected chi connectivity index (χ3v) is 14.6. The van der Waals surface area contributed by atoms with Gasteiger partial charge in [0.15, 0.2) is 0 Å². The Balaban J connectivity index is 0.889. The molecule has 0 aliphatic rings. The minimum Gasteiger partial charge on any atom is -0.0622 e. The smallest absolute Gasteiger partial charge is 0.00199 e. The third kappa shape index (κ3) is 6.01. The molecule has 0 atom stereocenters. The van der Waals surface area contributed by atoms with Crippen LogP contribution in [0.5, 0.6) is 0 Å². The average Bonchev–Trinajstić information content (AvgIpc) is 3.42. The normalized spacial score (nSPS) is 11.8. The van der Waals surface area contributed by atoms with Gasteiger partial charge in [-0.15, -0.1) is 0 Å². The van der Waals surface area contributed by atoms with Crippen LogP contribution in [-0.4, -0.2) is 0 Å². The molecule has 0 aromatic heterocycles. The van der Waals surface area contributed by atoms with Crippen LogP contribution in [0.4, 0.5) is 0 Å². The lowest BCUT2D eigenvalue weighted by molar-refractivity contribution is 1.56. The summed E-state index contributed by atoms with van der Waals surface area (Å²) in [5, 5.41) is 20.7. The summed E-state index contributed by atoms with van der Waals surface area (Å²) in [6.07, 6.45) is 0. The minimum atomic E-state index is 1.19. The molecule has 68 heavy (non-hydrogen) atoms. The van der Waals surface area contributed by atoms with E-state index in [1.54, 1.807) is 0 Å². The maximum Gasteiger partial charge on any atom is -0.00199 e. The Hall–Kier alpha value is -8.84. The largest absolute Gasteiger partial charge is 0.0622 e. The van der Waals surface area contributed by atoms with E-state index in [0.717, 1.165) is 0 Å². The first kappa shape index (κ1) is 38.4. The molecule has 14 aromatic rings. The van der Waals surface area contributed by atoms with E-state index < -0.39 is 0 Å². The van der Waals surface area contributed by atoms with Gasteiger partial charge >= 0.3 is 0 Å². The maximum atomic E-state index is 2.43. The van der Waals surface area contributed by atoms with E-state index in [4.69, 9.17) is 0 Å². The lowest BCUT2D eigenvalue weighted by atomic mass is 9.87. The van der Waals surface area contributed by atoms with Crippen LogP contribution in [0.3, 0.4) is 0 Å². The van der Waals surface area contributed by atoms with Gasteiger partial charge in [-0.25, -0.2) is 0 Å². The van der Waals surface area contributed by atoms with Gasteiger partial charge in [0.25, 0.3) is 0 Å². The van der Waals surface area contributed by atoms with Gasteiger partial charge in [0.2, 0.25) is 0 Å². The summed E-state index contributed by atoms with van der Waals surface area (Å²) in [4.78, 5) is 0. The molecule has 0 fully saturated rings. The minimum absolute atomic E-state index is 1.19. The van der Waals surface area contributed by atoms with Crippen molar-refractivity contribution < 1.29 is 0 Å². The Morgan fingerprint density at radius 3 is 0.721 bits per heavy atom. The van der Waals surface area contributed by atoms with Gasteiger partial charge in [0.1, 0.15) is 0 Å². The molecule has 0 heterocycles. The van der Waals surface area contributed by atoms with E-state index >= 15 is 0 Å². The SMILES string of the molecule is c1ccc(-c2cc(-c3ccc(-c4cc5c6ccccc6c6ccccc6c5c5ccccc45)cc3)cc(-c3ccc(-c4cc5c6ccccc6c6ccccc6c5c5ccccc45)cc3)c2)cc1. The molecule has 14 rings (SSSR count). The number of fused-ring (bicyclic) bond motifs is 16. The second-order valence-electron chi connectivity index (χ2n) is 18.3. The molecular weight excluding hydrogens is 817 g/mol. The van der Waals surface area contributed by atoms with Crippen LogP contribution in [-0.2, 0) is 0 Å². The molecule has 0 saturated heterocycles. The second kappa shape index (κ2) is 15.4. The molecule has 314 valence electrons. The molecule has 0 N–H and O–H groups in total. The zero-order chi connectivity index (χ0) is 44.7. The third-order valence-electron chi connectivity index (χ3n) is 14.6. The number of hydrogen-bond donors (Lipinski definition) is 0. The van der Waals surface area contributed by atoms with Crippen LogP contribution in [0.2, 0.25) is 0 Å². The van der Waals surface area contributed by atoms with E-state index in [0.29, 0.717) is 0 Å². The zero-order valence-electron chi connectivity index (χ0n) is 37.2. The summed E-state index contributed by atoms with van der Waals surface area (Å²) < 4.78 is 0. The van der Waals surface area contributed by atoms with E-state index in [1.165, 1.54) is 142 Å². The highest BCUT2D eigenvalue weighted by Gasteiger charge is 2.18. The van der Waals surface area contributed by atoms with Crippen LogP contribution in [0.1, 0.15) is 0 Å². The molecule has 0 bridgehead atoms. The van der Waals surface area contributed by atoms with Crippen molar-refractivity contribution >= 4 is 86.2 Å². The van der Waals surface area contributed by atoms with E-state index in [9.17, 15) is 0 Å². The standard InChI is InChI=1S/C68H42/c1-2-16-43(17-3-1)48-38-49(44-30-34-46(35-31-44)63-41-65-55-22-6-4-18-51(55)53-20-8-12-26-59(53)67(65)61-28-14-10-24-57(61)63)40-50(39-48)45-32-36-47(37-33-45)64-42-66-56-23-7-5-19-52(56)54-21-9-13-27-60(54)68(66)62-29-15-11-25-58(62)64/h1-42H. The van der Waals surface area contributed by atoms with Gasteiger partial charge in [-0.05, 0) is 172 Å². The van der Waals surface area contributed by atoms with Gasteiger partial charge in [-0.1, -0.05) is 224 Å². The first-order valence-corrected chi connectivity index (χ1v) is 23.7. The van der Waals surface area contributed by atoms with Crippen molar-refractivity contribution in [2.45, 2.75) is 0 Å². The van der Waals surface area contributed by atoms with Crippen molar-refractivity contribution in [1.82, 2.24) is 0 Å².